The highest BCUT2D eigenvalue weighted by molar-refractivity contribution is 5.74. The maximum absolute atomic E-state index is 11.9. The van der Waals surface area contributed by atoms with Crippen LogP contribution in [0.2, 0.25) is 0 Å². The maximum atomic E-state index is 11.9. The lowest BCUT2D eigenvalue weighted by Gasteiger charge is -2.59. The van der Waals surface area contributed by atoms with E-state index in [1.807, 2.05) is 13.8 Å². The minimum atomic E-state index is -0.824. The molecule has 1 spiro atoms. The van der Waals surface area contributed by atoms with E-state index in [-0.39, 0.29) is 29.2 Å². The van der Waals surface area contributed by atoms with Gasteiger partial charge in [-0.3, -0.25) is 10.1 Å². The van der Waals surface area contributed by atoms with Crippen LogP contribution in [0, 0.1) is 11.8 Å². The number of likely N-dealkylation sites (tertiary alicyclic amines) is 1. The summed E-state index contributed by atoms with van der Waals surface area (Å²) in [4.78, 5) is 14.3. The Morgan fingerprint density at radius 1 is 1.40 bits per heavy atom. The van der Waals surface area contributed by atoms with Crippen molar-refractivity contribution in [3.05, 3.63) is 17.2 Å². The van der Waals surface area contributed by atoms with E-state index in [1.54, 1.807) is 13.2 Å². The van der Waals surface area contributed by atoms with Crippen LogP contribution in [0.5, 0.6) is 17.2 Å². The number of aliphatic carboxylic acids is 1. The zero-order chi connectivity index (χ0) is 21.4. The lowest BCUT2D eigenvalue weighted by atomic mass is 9.51. The summed E-state index contributed by atoms with van der Waals surface area (Å²) in [5.41, 5.74) is 2.07. The molecule has 1 saturated heterocycles. The third-order valence-electron chi connectivity index (χ3n) is 8.23. The molecule has 2 bridgehead atoms. The molecule has 0 amide bonds. The Kier molecular flexibility index (Phi) is 4.49. The van der Waals surface area contributed by atoms with E-state index in [9.17, 15) is 15.0 Å². The molecule has 2 aliphatic carbocycles. The summed E-state index contributed by atoms with van der Waals surface area (Å²) in [6.45, 7) is 4.83. The molecule has 6 atom stereocenters. The molecule has 4 aliphatic rings. The predicted molar refractivity (Wildman–Crippen MR) is 111 cm³/mol. The van der Waals surface area contributed by atoms with Crippen LogP contribution in [0.1, 0.15) is 44.2 Å². The molecule has 5 rings (SSSR count). The molecule has 1 saturated carbocycles. The molecular weight excluding hydrogens is 384 g/mol. The molecular formula is C23H32N2O5. The summed E-state index contributed by atoms with van der Waals surface area (Å²) in [5, 5.41) is 24.0. The van der Waals surface area contributed by atoms with Crippen LogP contribution in [0.3, 0.4) is 0 Å². The standard InChI is InChI=1S/C23H32N2O5/c1-11(2)19(22(27)28)24-14-6-5-13-15-9-12-17(29-4)10-16(26)20-18(12)23(13,21(14)30-20)7-8-25(15)3/h10-11,13-15,19,21,24,26H,5-9H2,1-4H3,(H,27,28)/t13-,14-,15+,19+,21-,23-/m0/s1. The first kappa shape index (κ1) is 19.9. The zero-order valence-electron chi connectivity index (χ0n) is 18.1. The molecule has 7 nitrogen and oxygen atoms in total. The molecule has 2 fully saturated rings. The Hall–Kier alpha value is -1.99. The number of benzene rings is 1. The quantitative estimate of drug-likeness (QED) is 0.677. The Balaban J connectivity index is 1.64. The van der Waals surface area contributed by atoms with Gasteiger partial charge >= 0.3 is 5.97 Å². The second kappa shape index (κ2) is 6.76. The number of hydrogen-bond donors (Lipinski definition) is 3. The van der Waals surface area contributed by atoms with Crippen molar-refractivity contribution in [2.24, 2.45) is 11.8 Å². The number of ether oxygens (including phenoxy) is 2. The summed E-state index contributed by atoms with van der Waals surface area (Å²) in [5.74, 6) is 1.03. The molecule has 1 aromatic carbocycles. The van der Waals surface area contributed by atoms with E-state index in [2.05, 4.69) is 17.3 Å². The van der Waals surface area contributed by atoms with Crippen LogP contribution >= 0.6 is 0 Å². The topological polar surface area (TPSA) is 91.3 Å². The smallest absolute Gasteiger partial charge is 0.320 e. The van der Waals surface area contributed by atoms with Gasteiger partial charge in [-0.05, 0) is 51.1 Å². The van der Waals surface area contributed by atoms with Gasteiger partial charge in [0.25, 0.3) is 0 Å². The second-order valence-corrected chi connectivity index (χ2v) is 9.88. The van der Waals surface area contributed by atoms with Crippen molar-refractivity contribution in [2.75, 3.05) is 20.7 Å². The van der Waals surface area contributed by atoms with Crippen LogP contribution in [-0.4, -0.2) is 66.0 Å². The summed E-state index contributed by atoms with van der Waals surface area (Å²) in [6.07, 6.45) is 3.55. The first-order valence-corrected chi connectivity index (χ1v) is 11.1. The van der Waals surface area contributed by atoms with E-state index in [1.165, 1.54) is 0 Å². The molecule has 0 aromatic heterocycles. The van der Waals surface area contributed by atoms with Crippen LogP contribution < -0.4 is 14.8 Å². The average Bonchev–Trinajstić information content (AvgIpc) is 3.05. The molecule has 1 aromatic rings. The number of nitrogens with one attached hydrogen (secondary N) is 1. The lowest BCUT2D eigenvalue weighted by molar-refractivity contribution is -0.141. The zero-order valence-corrected chi connectivity index (χ0v) is 18.1. The van der Waals surface area contributed by atoms with E-state index in [0.29, 0.717) is 17.7 Å². The van der Waals surface area contributed by atoms with Crippen molar-refractivity contribution < 1.29 is 24.5 Å². The van der Waals surface area contributed by atoms with Gasteiger partial charge in [-0.2, -0.15) is 0 Å². The van der Waals surface area contributed by atoms with Gasteiger partial charge in [-0.25, -0.2) is 0 Å². The van der Waals surface area contributed by atoms with Gasteiger partial charge in [-0.15, -0.1) is 0 Å². The number of carboxylic acids is 1. The Morgan fingerprint density at radius 3 is 2.83 bits per heavy atom. The Bertz CT molecular complexity index is 887. The number of piperidine rings is 1. The van der Waals surface area contributed by atoms with Gasteiger partial charge in [0, 0.05) is 34.7 Å². The number of hydrogen-bond acceptors (Lipinski definition) is 6. The third-order valence-corrected chi connectivity index (χ3v) is 8.23. The molecule has 0 unspecified atom stereocenters. The van der Waals surface area contributed by atoms with Crippen molar-refractivity contribution in [1.29, 1.82) is 0 Å². The lowest BCUT2D eigenvalue weighted by Crippen LogP contribution is -2.69. The highest BCUT2D eigenvalue weighted by Crippen LogP contribution is 2.65. The number of rotatable bonds is 5. The van der Waals surface area contributed by atoms with E-state index >= 15 is 0 Å². The summed E-state index contributed by atoms with van der Waals surface area (Å²) < 4.78 is 12.2. The predicted octanol–water partition coefficient (Wildman–Crippen LogP) is 2.14. The van der Waals surface area contributed by atoms with E-state index < -0.39 is 12.0 Å². The van der Waals surface area contributed by atoms with Gasteiger partial charge in [0.1, 0.15) is 17.9 Å². The van der Waals surface area contributed by atoms with Crippen LogP contribution in [-0.2, 0) is 16.6 Å². The van der Waals surface area contributed by atoms with E-state index in [4.69, 9.17) is 9.47 Å². The monoisotopic (exact) mass is 416 g/mol. The van der Waals surface area contributed by atoms with Crippen molar-refractivity contribution in [3.8, 4) is 17.2 Å². The number of carboxylic acid groups (broad SMARTS) is 1. The van der Waals surface area contributed by atoms with Crippen molar-refractivity contribution in [3.63, 3.8) is 0 Å². The van der Waals surface area contributed by atoms with Gasteiger partial charge in [0.2, 0.25) is 0 Å². The number of phenolic OH excluding ortho intramolecular Hbond substituents is 1. The van der Waals surface area contributed by atoms with Crippen molar-refractivity contribution >= 4 is 5.97 Å². The summed E-state index contributed by atoms with van der Waals surface area (Å²) in [7, 11) is 3.85. The minimum Gasteiger partial charge on any atom is -0.504 e. The molecule has 2 heterocycles. The van der Waals surface area contributed by atoms with Gasteiger partial charge in [0.15, 0.2) is 11.5 Å². The van der Waals surface area contributed by atoms with E-state index in [0.717, 1.165) is 49.1 Å². The SMILES string of the molecule is COc1cc(O)c2c3c1C[C@@H]1[C@@H]4CC[C@H](N[C@@H](C(=O)O)C(C)C)[C@H](O2)[C@]34CCN1C. The van der Waals surface area contributed by atoms with Gasteiger partial charge < -0.3 is 24.6 Å². The number of likely N-dealkylation sites (N-methyl/N-ethyl adjacent to an activating group) is 1. The summed E-state index contributed by atoms with van der Waals surface area (Å²) in [6, 6.07) is 1.39. The first-order chi connectivity index (χ1) is 14.3. The molecule has 30 heavy (non-hydrogen) atoms. The Morgan fingerprint density at radius 2 is 2.17 bits per heavy atom. The van der Waals surface area contributed by atoms with Crippen LogP contribution in [0.25, 0.3) is 0 Å². The van der Waals surface area contributed by atoms with Crippen molar-refractivity contribution in [2.45, 2.75) is 69.2 Å². The third kappa shape index (κ3) is 2.48. The highest BCUT2D eigenvalue weighted by Gasteiger charge is 2.66. The maximum Gasteiger partial charge on any atom is 0.320 e. The number of carbonyl (C=O) groups is 1. The molecule has 2 aliphatic heterocycles. The molecule has 7 heteroatoms. The minimum absolute atomic E-state index is 0.0258. The Labute approximate surface area is 177 Å². The fourth-order valence-corrected chi connectivity index (χ4v) is 6.92. The van der Waals surface area contributed by atoms with Gasteiger partial charge in [0.05, 0.1) is 7.11 Å². The molecule has 0 radical (unpaired) electrons. The largest absolute Gasteiger partial charge is 0.504 e. The fourth-order valence-electron chi connectivity index (χ4n) is 6.92. The second-order valence-electron chi connectivity index (χ2n) is 9.88. The molecule has 3 N–H and O–H groups in total. The van der Waals surface area contributed by atoms with Crippen molar-refractivity contribution in [1.82, 2.24) is 10.2 Å². The first-order valence-electron chi connectivity index (χ1n) is 11.1. The normalized spacial score (nSPS) is 35.0. The molecule has 164 valence electrons. The number of nitrogens with zero attached hydrogens (tertiary/aromatic N) is 1. The fraction of sp³-hybridized carbons (Fsp3) is 0.696. The van der Waals surface area contributed by atoms with Crippen LogP contribution in [0.4, 0.5) is 0 Å². The number of phenols is 1. The van der Waals surface area contributed by atoms with Crippen LogP contribution in [0.15, 0.2) is 6.07 Å². The number of aromatic hydroxyl groups is 1. The van der Waals surface area contributed by atoms with Gasteiger partial charge in [-0.1, -0.05) is 13.8 Å². The summed E-state index contributed by atoms with van der Waals surface area (Å²) >= 11 is 0. The number of methoxy groups -OCH3 is 1. The highest BCUT2D eigenvalue weighted by atomic mass is 16.5. The average molecular weight is 417 g/mol.